The summed E-state index contributed by atoms with van der Waals surface area (Å²) < 4.78 is 18.4. The molecule has 2 saturated heterocycles. The van der Waals surface area contributed by atoms with E-state index in [9.17, 15) is 18.8 Å². The number of anilines is 2. The van der Waals surface area contributed by atoms with Gasteiger partial charge in [-0.2, -0.15) is 0 Å². The highest BCUT2D eigenvalue weighted by Gasteiger charge is 2.24. The number of hydrogen-bond acceptors (Lipinski definition) is 6. The fourth-order valence-corrected chi connectivity index (χ4v) is 4.12. The van der Waals surface area contributed by atoms with Crippen LogP contribution in [0.15, 0.2) is 48.5 Å². The number of carbonyl (C=O) groups is 3. The first kappa shape index (κ1) is 24.8. The summed E-state index contributed by atoms with van der Waals surface area (Å²) in [5.74, 6) is -0.883. The number of carbonyl (C=O) groups excluding carboxylic acids is 3. The van der Waals surface area contributed by atoms with Gasteiger partial charge in [-0.05, 0) is 36.4 Å². The third kappa shape index (κ3) is 7.08. The molecule has 4 rings (SSSR count). The molecule has 3 amide bonds. The first-order chi connectivity index (χ1) is 17.0. The predicted octanol–water partition coefficient (Wildman–Crippen LogP) is 1.49. The molecule has 0 aliphatic carbocycles. The number of piperazine rings is 1. The van der Waals surface area contributed by atoms with Crippen LogP contribution in [0.3, 0.4) is 0 Å². The Hall–Kier alpha value is -3.34. The zero-order valence-corrected chi connectivity index (χ0v) is 19.5. The molecule has 2 N–H and O–H groups in total. The van der Waals surface area contributed by atoms with E-state index in [0.717, 1.165) is 0 Å². The van der Waals surface area contributed by atoms with Crippen molar-refractivity contribution in [3.63, 3.8) is 0 Å². The van der Waals surface area contributed by atoms with Gasteiger partial charge in [-0.1, -0.05) is 12.1 Å². The van der Waals surface area contributed by atoms with Crippen molar-refractivity contribution in [1.82, 2.24) is 14.7 Å². The lowest BCUT2D eigenvalue weighted by atomic mass is 10.1. The van der Waals surface area contributed by atoms with Crippen LogP contribution in [0.25, 0.3) is 0 Å². The van der Waals surface area contributed by atoms with Gasteiger partial charge in [-0.25, -0.2) is 4.39 Å². The van der Waals surface area contributed by atoms with E-state index in [-0.39, 0.29) is 24.2 Å². The van der Waals surface area contributed by atoms with Crippen molar-refractivity contribution in [2.24, 2.45) is 0 Å². The van der Waals surface area contributed by atoms with E-state index in [1.54, 1.807) is 24.3 Å². The molecular formula is C25H30FN5O4. The van der Waals surface area contributed by atoms with Gasteiger partial charge in [0.25, 0.3) is 5.91 Å². The topological polar surface area (TPSA) is 94.2 Å². The van der Waals surface area contributed by atoms with Crippen LogP contribution in [-0.2, 0) is 14.3 Å². The molecule has 186 valence electrons. The number of halogens is 1. The predicted molar refractivity (Wildman–Crippen MR) is 130 cm³/mol. The third-order valence-corrected chi connectivity index (χ3v) is 6.10. The summed E-state index contributed by atoms with van der Waals surface area (Å²) in [6.07, 6.45) is 0. The molecule has 0 radical (unpaired) electrons. The molecule has 2 aliphatic rings. The normalized spacial score (nSPS) is 17.1. The summed E-state index contributed by atoms with van der Waals surface area (Å²) in [5, 5.41) is 5.55. The van der Waals surface area contributed by atoms with Gasteiger partial charge in [0.05, 0.1) is 37.6 Å². The lowest BCUT2D eigenvalue weighted by Crippen LogP contribution is -2.52. The van der Waals surface area contributed by atoms with Gasteiger partial charge in [0, 0.05) is 45.0 Å². The SMILES string of the molecule is O=C(CN1CCN(CC(=O)N2CCOCC2)CC1)Nc1ccccc1C(=O)Nc1ccc(F)cc1. The van der Waals surface area contributed by atoms with E-state index in [1.807, 2.05) is 9.80 Å². The lowest BCUT2D eigenvalue weighted by Gasteiger charge is -2.35. The van der Waals surface area contributed by atoms with E-state index in [2.05, 4.69) is 15.5 Å². The molecule has 2 aromatic carbocycles. The van der Waals surface area contributed by atoms with Crippen molar-refractivity contribution in [1.29, 1.82) is 0 Å². The van der Waals surface area contributed by atoms with Gasteiger partial charge in [-0.15, -0.1) is 0 Å². The second-order valence-corrected chi connectivity index (χ2v) is 8.60. The molecule has 0 aromatic heterocycles. The molecular weight excluding hydrogens is 453 g/mol. The molecule has 2 heterocycles. The number of rotatable bonds is 7. The summed E-state index contributed by atoms with van der Waals surface area (Å²) >= 11 is 0. The molecule has 0 bridgehead atoms. The van der Waals surface area contributed by atoms with E-state index in [1.165, 1.54) is 24.3 Å². The molecule has 10 heteroatoms. The summed E-state index contributed by atoms with van der Waals surface area (Å²) in [5.41, 5.74) is 1.19. The summed E-state index contributed by atoms with van der Waals surface area (Å²) in [6, 6.07) is 12.2. The van der Waals surface area contributed by atoms with Crippen LogP contribution in [0.5, 0.6) is 0 Å². The largest absolute Gasteiger partial charge is 0.378 e. The van der Waals surface area contributed by atoms with Crippen LogP contribution in [0.1, 0.15) is 10.4 Å². The Morgan fingerprint density at radius 3 is 2.11 bits per heavy atom. The Kier molecular flexibility index (Phi) is 8.40. The van der Waals surface area contributed by atoms with Crippen LogP contribution in [0.2, 0.25) is 0 Å². The number of hydrogen-bond donors (Lipinski definition) is 2. The molecule has 2 aliphatic heterocycles. The van der Waals surface area contributed by atoms with Gasteiger partial charge in [0.2, 0.25) is 11.8 Å². The van der Waals surface area contributed by atoms with E-state index >= 15 is 0 Å². The lowest BCUT2D eigenvalue weighted by molar-refractivity contribution is -0.137. The molecule has 0 spiro atoms. The minimum Gasteiger partial charge on any atom is -0.378 e. The Morgan fingerprint density at radius 2 is 1.43 bits per heavy atom. The minimum atomic E-state index is -0.397. The molecule has 9 nitrogen and oxygen atoms in total. The van der Waals surface area contributed by atoms with Crippen LogP contribution >= 0.6 is 0 Å². The molecule has 0 unspecified atom stereocenters. The number of morpholine rings is 1. The molecule has 0 saturated carbocycles. The second kappa shape index (κ2) is 11.9. The molecule has 35 heavy (non-hydrogen) atoms. The second-order valence-electron chi connectivity index (χ2n) is 8.60. The van der Waals surface area contributed by atoms with E-state index in [4.69, 9.17) is 4.74 Å². The van der Waals surface area contributed by atoms with Crippen molar-refractivity contribution >= 4 is 29.1 Å². The highest BCUT2D eigenvalue weighted by molar-refractivity contribution is 6.10. The number of nitrogens with zero attached hydrogens (tertiary/aromatic N) is 3. The summed E-state index contributed by atoms with van der Waals surface area (Å²) in [7, 11) is 0. The maximum atomic E-state index is 13.1. The van der Waals surface area contributed by atoms with Crippen molar-refractivity contribution in [2.75, 3.05) is 76.2 Å². The Balaban J connectivity index is 1.25. The monoisotopic (exact) mass is 483 g/mol. The van der Waals surface area contributed by atoms with Gasteiger partial charge >= 0.3 is 0 Å². The third-order valence-electron chi connectivity index (χ3n) is 6.10. The van der Waals surface area contributed by atoms with Gasteiger partial charge in [0.1, 0.15) is 5.82 Å². The fourth-order valence-electron chi connectivity index (χ4n) is 4.12. The van der Waals surface area contributed by atoms with Gasteiger partial charge < -0.3 is 20.3 Å². The van der Waals surface area contributed by atoms with Gasteiger partial charge in [-0.3, -0.25) is 24.2 Å². The molecule has 0 atom stereocenters. The van der Waals surface area contributed by atoms with Crippen molar-refractivity contribution in [3.8, 4) is 0 Å². The number of ether oxygens (including phenoxy) is 1. The highest BCUT2D eigenvalue weighted by Crippen LogP contribution is 2.18. The number of nitrogens with one attached hydrogen (secondary N) is 2. The van der Waals surface area contributed by atoms with Crippen LogP contribution in [-0.4, -0.2) is 98.0 Å². The Labute approximate surface area is 203 Å². The van der Waals surface area contributed by atoms with E-state index < -0.39 is 5.91 Å². The number of benzene rings is 2. The average Bonchev–Trinajstić information content (AvgIpc) is 2.87. The van der Waals surface area contributed by atoms with Crippen molar-refractivity contribution in [3.05, 3.63) is 59.9 Å². The van der Waals surface area contributed by atoms with Crippen LogP contribution in [0, 0.1) is 5.82 Å². The quantitative estimate of drug-likeness (QED) is 0.620. The first-order valence-corrected chi connectivity index (χ1v) is 11.7. The fraction of sp³-hybridized carbons (Fsp3) is 0.400. The van der Waals surface area contributed by atoms with Crippen molar-refractivity contribution in [2.45, 2.75) is 0 Å². The molecule has 2 fully saturated rings. The number of amides is 3. The molecule has 2 aromatic rings. The standard InChI is InChI=1S/C25H30FN5O4/c26-19-5-7-20(8-6-19)27-25(34)21-3-1-2-4-22(21)28-23(32)17-29-9-11-30(12-10-29)18-24(33)31-13-15-35-16-14-31/h1-8H,9-18H2,(H,27,34)(H,28,32). The first-order valence-electron chi connectivity index (χ1n) is 11.7. The zero-order chi connectivity index (χ0) is 24.6. The van der Waals surface area contributed by atoms with Crippen LogP contribution < -0.4 is 10.6 Å². The van der Waals surface area contributed by atoms with Crippen molar-refractivity contribution < 1.29 is 23.5 Å². The summed E-state index contributed by atoms with van der Waals surface area (Å²) in [6.45, 7) is 5.81. The maximum absolute atomic E-state index is 13.1. The Morgan fingerprint density at radius 1 is 0.800 bits per heavy atom. The Bertz CT molecular complexity index is 1030. The smallest absolute Gasteiger partial charge is 0.257 e. The van der Waals surface area contributed by atoms with Crippen LogP contribution in [0.4, 0.5) is 15.8 Å². The maximum Gasteiger partial charge on any atom is 0.257 e. The minimum absolute atomic E-state index is 0.120. The zero-order valence-electron chi connectivity index (χ0n) is 19.5. The van der Waals surface area contributed by atoms with E-state index in [0.29, 0.717) is 76.0 Å². The van der Waals surface area contributed by atoms with Gasteiger partial charge in [0.15, 0.2) is 0 Å². The summed E-state index contributed by atoms with van der Waals surface area (Å²) in [4.78, 5) is 43.9. The number of para-hydroxylation sites is 1. The average molecular weight is 484 g/mol. The highest BCUT2D eigenvalue weighted by atomic mass is 19.1.